The Labute approximate surface area is 161 Å². The van der Waals surface area contributed by atoms with Crippen molar-refractivity contribution in [3.63, 3.8) is 0 Å². The van der Waals surface area contributed by atoms with Crippen LogP contribution in [0.4, 0.5) is 15.8 Å². The van der Waals surface area contributed by atoms with Crippen LogP contribution in [0.3, 0.4) is 0 Å². The van der Waals surface area contributed by atoms with Crippen molar-refractivity contribution in [2.24, 2.45) is 5.73 Å². The van der Waals surface area contributed by atoms with Crippen LogP contribution in [0.2, 0.25) is 0 Å². The summed E-state index contributed by atoms with van der Waals surface area (Å²) in [6.45, 7) is 1.04. The summed E-state index contributed by atoms with van der Waals surface area (Å²) in [6.07, 6.45) is 0. The predicted molar refractivity (Wildman–Crippen MR) is 104 cm³/mol. The lowest BCUT2D eigenvalue weighted by Crippen LogP contribution is -2.35. The van der Waals surface area contributed by atoms with Crippen molar-refractivity contribution in [1.29, 1.82) is 0 Å². The van der Waals surface area contributed by atoms with Crippen LogP contribution in [0.1, 0.15) is 20.7 Å². The van der Waals surface area contributed by atoms with Crippen molar-refractivity contribution < 1.29 is 14.0 Å². The number of para-hydroxylation sites is 2. The molecule has 2 aromatic carbocycles. The van der Waals surface area contributed by atoms with Gasteiger partial charge in [-0.3, -0.25) is 14.6 Å². The minimum atomic E-state index is -0.868. The van der Waals surface area contributed by atoms with Crippen molar-refractivity contribution in [2.45, 2.75) is 0 Å². The van der Waals surface area contributed by atoms with Crippen molar-refractivity contribution in [2.75, 3.05) is 37.4 Å². The monoisotopic (exact) mass is 381 g/mol. The zero-order valence-corrected chi connectivity index (χ0v) is 15.6. The largest absolute Gasteiger partial charge is 0.366 e. The number of anilines is 2. The predicted octanol–water partition coefficient (Wildman–Crippen LogP) is 2.00. The Morgan fingerprint density at radius 2 is 1.86 bits per heavy atom. The zero-order chi connectivity index (χ0) is 20.0. The molecular weight excluding hydrogens is 361 g/mol. The molecule has 3 N–H and O–H groups in total. The second kappa shape index (κ2) is 6.65. The normalized spacial score (nSPS) is 16.4. The summed E-state index contributed by atoms with van der Waals surface area (Å²) in [5.74, 6) is -1.09. The Bertz CT molecular complexity index is 1020. The van der Waals surface area contributed by atoms with E-state index < -0.39 is 11.7 Å². The maximum atomic E-state index is 14.2. The first kappa shape index (κ1) is 18.0. The van der Waals surface area contributed by atoms with Gasteiger partial charge in [0.25, 0.3) is 11.8 Å². The minimum absolute atomic E-state index is 0.154. The first-order valence-electron chi connectivity index (χ1n) is 8.81. The van der Waals surface area contributed by atoms with Crippen molar-refractivity contribution in [3.05, 3.63) is 70.8 Å². The molecular formula is C20H20FN5O2. The van der Waals surface area contributed by atoms with Crippen LogP contribution < -0.4 is 16.0 Å². The number of rotatable bonds is 2. The van der Waals surface area contributed by atoms with Crippen molar-refractivity contribution >= 4 is 23.2 Å². The molecule has 4 rings (SSSR count). The van der Waals surface area contributed by atoms with Gasteiger partial charge in [0.2, 0.25) is 0 Å². The number of nitrogens with one attached hydrogen (secondary N) is 1. The molecule has 0 atom stereocenters. The lowest BCUT2D eigenvalue weighted by atomic mass is 10.1. The van der Waals surface area contributed by atoms with Crippen LogP contribution in [0, 0.1) is 5.82 Å². The number of primary amides is 1. The first-order chi connectivity index (χ1) is 13.4. The SMILES string of the molecule is CN1CC2=C(Nc3ccccc3N(C(=O)c3ccc(C(N)=O)c(F)c3)C2)N1C. The highest BCUT2D eigenvalue weighted by atomic mass is 19.1. The van der Waals surface area contributed by atoms with Crippen LogP contribution in [0.25, 0.3) is 0 Å². The zero-order valence-electron chi connectivity index (χ0n) is 15.6. The van der Waals surface area contributed by atoms with E-state index in [0.717, 1.165) is 23.1 Å². The summed E-state index contributed by atoms with van der Waals surface area (Å²) >= 11 is 0. The third-order valence-corrected chi connectivity index (χ3v) is 5.11. The number of benzene rings is 2. The number of fused-ring (bicyclic) bond motifs is 1. The molecule has 2 amide bonds. The highest BCUT2D eigenvalue weighted by Gasteiger charge is 2.32. The number of likely N-dealkylation sites (N-methyl/N-ethyl adjacent to an activating group) is 1. The highest BCUT2D eigenvalue weighted by molar-refractivity contribution is 6.09. The second-order valence-electron chi connectivity index (χ2n) is 6.88. The molecule has 0 aromatic heterocycles. The van der Waals surface area contributed by atoms with Gasteiger partial charge in [-0.1, -0.05) is 12.1 Å². The number of carbonyl (C=O) groups excluding carboxylic acids is 2. The molecule has 28 heavy (non-hydrogen) atoms. The Balaban J connectivity index is 1.76. The molecule has 2 aliphatic heterocycles. The van der Waals surface area contributed by atoms with E-state index in [-0.39, 0.29) is 17.0 Å². The average Bonchev–Trinajstić information content (AvgIpc) is 2.84. The Morgan fingerprint density at radius 1 is 1.11 bits per heavy atom. The fourth-order valence-electron chi connectivity index (χ4n) is 3.55. The molecule has 0 spiro atoms. The van der Waals surface area contributed by atoms with Crippen LogP contribution in [-0.4, -0.2) is 49.0 Å². The van der Waals surface area contributed by atoms with Gasteiger partial charge in [-0.25, -0.2) is 9.40 Å². The average molecular weight is 381 g/mol. The summed E-state index contributed by atoms with van der Waals surface area (Å²) in [6, 6.07) is 11.2. The molecule has 0 saturated carbocycles. The van der Waals surface area contributed by atoms with Gasteiger partial charge < -0.3 is 16.0 Å². The van der Waals surface area contributed by atoms with E-state index in [9.17, 15) is 14.0 Å². The molecule has 8 heteroatoms. The number of hydrogen-bond acceptors (Lipinski definition) is 5. The van der Waals surface area contributed by atoms with E-state index in [1.807, 2.05) is 48.4 Å². The summed E-state index contributed by atoms with van der Waals surface area (Å²) < 4.78 is 14.2. The van der Waals surface area contributed by atoms with E-state index in [4.69, 9.17) is 5.73 Å². The molecule has 144 valence electrons. The number of hydrazine groups is 1. The first-order valence-corrected chi connectivity index (χ1v) is 8.81. The smallest absolute Gasteiger partial charge is 0.258 e. The molecule has 0 saturated heterocycles. The molecule has 0 aliphatic carbocycles. The van der Waals surface area contributed by atoms with Crippen LogP contribution in [0.5, 0.6) is 0 Å². The fourth-order valence-corrected chi connectivity index (χ4v) is 3.55. The third-order valence-electron chi connectivity index (χ3n) is 5.11. The third kappa shape index (κ3) is 2.87. The molecule has 7 nitrogen and oxygen atoms in total. The van der Waals surface area contributed by atoms with Gasteiger partial charge in [-0.2, -0.15) is 0 Å². The number of nitrogens with two attached hydrogens (primary N) is 1. The summed E-state index contributed by atoms with van der Waals surface area (Å²) in [5.41, 5.74) is 7.61. The lowest BCUT2D eigenvalue weighted by molar-refractivity contribution is 0.0976. The quantitative estimate of drug-likeness (QED) is 0.832. The van der Waals surface area contributed by atoms with E-state index >= 15 is 0 Å². The number of nitrogens with zero attached hydrogens (tertiary/aromatic N) is 3. The molecule has 0 radical (unpaired) electrons. The second-order valence-corrected chi connectivity index (χ2v) is 6.88. The summed E-state index contributed by atoms with van der Waals surface area (Å²) in [5, 5.41) is 7.45. The summed E-state index contributed by atoms with van der Waals surface area (Å²) in [7, 11) is 3.92. The van der Waals surface area contributed by atoms with Crippen LogP contribution in [0.15, 0.2) is 53.9 Å². The number of hydrogen-bond donors (Lipinski definition) is 2. The lowest BCUT2D eigenvalue weighted by Gasteiger charge is -2.27. The number of halogens is 1. The van der Waals surface area contributed by atoms with Crippen molar-refractivity contribution in [3.8, 4) is 0 Å². The topological polar surface area (TPSA) is 81.9 Å². The van der Waals surface area contributed by atoms with E-state index in [0.29, 0.717) is 18.8 Å². The summed E-state index contributed by atoms with van der Waals surface area (Å²) in [4.78, 5) is 26.2. The van der Waals surface area contributed by atoms with E-state index in [1.54, 1.807) is 4.90 Å². The van der Waals surface area contributed by atoms with Crippen LogP contribution >= 0.6 is 0 Å². The minimum Gasteiger partial charge on any atom is -0.366 e. The van der Waals surface area contributed by atoms with Gasteiger partial charge in [0.05, 0.1) is 23.5 Å². The molecule has 2 aliphatic rings. The van der Waals surface area contributed by atoms with Crippen molar-refractivity contribution in [1.82, 2.24) is 10.0 Å². The highest BCUT2D eigenvalue weighted by Crippen LogP contribution is 2.35. The standard InChI is InChI=1S/C20H20FN5O2/c1-24-10-13-11-26(17-6-4-3-5-16(17)23-19(13)25(24)2)20(28)12-7-8-14(18(22)27)15(21)9-12/h3-9,23H,10-11H2,1-2H3,(H2,22,27). The van der Waals surface area contributed by atoms with Gasteiger partial charge in [-0.05, 0) is 30.3 Å². The molecule has 0 unspecified atom stereocenters. The maximum absolute atomic E-state index is 14.2. The molecule has 2 heterocycles. The number of carbonyl (C=O) groups is 2. The fraction of sp³-hybridized carbons (Fsp3) is 0.200. The van der Waals surface area contributed by atoms with Crippen LogP contribution in [-0.2, 0) is 0 Å². The Morgan fingerprint density at radius 3 is 2.57 bits per heavy atom. The molecule has 0 fully saturated rings. The van der Waals surface area contributed by atoms with Gasteiger partial charge >= 0.3 is 0 Å². The Kier molecular flexibility index (Phi) is 4.27. The number of amides is 2. The van der Waals surface area contributed by atoms with Gasteiger partial charge in [0.15, 0.2) is 0 Å². The molecule has 2 aromatic rings. The van der Waals surface area contributed by atoms with Gasteiger partial charge in [0.1, 0.15) is 11.6 Å². The Hall–Kier alpha value is -3.39. The van der Waals surface area contributed by atoms with Gasteiger partial charge in [0, 0.05) is 31.8 Å². The van der Waals surface area contributed by atoms with Gasteiger partial charge in [-0.15, -0.1) is 0 Å². The maximum Gasteiger partial charge on any atom is 0.258 e. The van der Waals surface area contributed by atoms with E-state index in [1.165, 1.54) is 12.1 Å². The molecule has 0 bridgehead atoms. The van der Waals surface area contributed by atoms with E-state index in [2.05, 4.69) is 5.32 Å².